The number of halogens is 2. The third-order valence-corrected chi connectivity index (χ3v) is 4.66. The van der Waals surface area contributed by atoms with Gasteiger partial charge in [0.2, 0.25) is 6.29 Å². The lowest BCUT2D eigenvalue weighted by Gasteiger charge is -2.39. The average molecular weight is 292 g/mol. The summed E-state index contributed by atoms with van der Waals surface area (Å²) in [6, 6.07) is 5.44. The number of rotatable bonds is 0. The summed E-state index contributed by atoms with van der Waals surface area (Å²) in [5, 5.41) is 10.4. The molecule has 82 valence electrons. The van der Waals surface area contributed by atoms with E-state index < -0.39 is 6.29 Å². The molecular weight excluding hydrogens is 279 g/mol. The molecule has 1 aliphatic rings. The van der Waals surface area contributed by atoms with Gasteiger partial charge in [-0.1, -0.05) is 41.4 Å². The Kier molecular flexibility index (Phi) is 2.73. The molecule has 0 radical (unpaired) electrons. The molecule has 0 bridgehead atoms. The molecule has 2 atom stereocenters. The van der Waals surface area contributed by atoms with E-state index in [-0.39, 0.29) is 10.2 Å². The molecule has 4 heteroatoms. The molecule has 2 nitrogen and oxygen atoms in total. The molecule has 2 unspecified atom stereocenters. The van der Waals surface area contributed by atoms with Gasteiger partial charge in [-0.05, 0) is 18.2 Å². The Morgan fingerprint density at radius 3 is 2.80 bits per heavy atom. The van der Waals surface area contributed by atoms with Crippen LogP contribution in [0.4, 0.5) is 0 Å². The zero-order valence-corrected chi connectivity index (χ0v) is 10.8. The van der Waals surface area contributed by atoms with E-state index in [1.807, 2.05) is 19.9 Å². The van der Waals surface area contributed by atoms with Crippen molar-refractivity contribution in [1.29, 1.82) is 0 Å². The predicted molar refractivity (Wildman–Crippen MR) is 63.8 cm³/mol. The summed E-state index contributed by atoms with van der Waals surface area (Å²) in [7, 11) is 0. The van der Waals surface area contributed by atoms with Crippen LogP contribution in [0, 0.1) is 0 Å². The van der Waals surface area contributed by atoms with Gasteiger partial charge in [-0.25, -0.2) is 0 Å². The van der Waals surface area contributed by atoms with Gasteiger partial charge in [0, 0.05) is 16.0 Å². The lowest BCUT2D eigenvalue weighted by molar-refractivity contribution is -0.0417. The topological polar surface area (TPSA) is 29.5 Å². The minimum Gasteiger partial charge on any atom is -0.464 e. The van der Waals surface area contributed by atoms with Crippen LogP contribution >= 0.6 is 27.5 Å². The minimum atomic E-state index is -0.825. The lowest BCUT2D eigenvalue weighted by atomic mass is 9.79. The van der Waals surface area contributed by atoms with E-state index >= 15 is 0 Å². The van der Waals surface area contributed by atoms with Crippen LogP contribution in [0.15, 0.2) is 18.2 Å². The van der Waals surface area contributed by atoms with Crippen LogP contribution in [0.2, 0.25) is 5.02 Å². The lowest BCUT2D eigenvalue weighted by Crippen LogP contribution is -2.45. The number of ether oxygens (including phenoxy) is 1. The van der Waals surface area contributed by atoms with Crippen LogP contribution in [0.1, 0.15) is 19.4 Å². The maximum atomic E-state index is 9.73. The van der Waals surface area contributed by atoms with Gasteiger partial charge >= 0.3 is 0 Å². The molecule has 15 heavy (non-hydrogen) atoms. The van der Waals surface area contributed by atoms with Crippen molar-refractivity contribution in [2.45, 2.75) is 30.4 Å². The monoisotopic (exact) mass is 290 g/mol. The van der Waals surface area contributed by atoms with Gasteiger partial charge in [0.05, 0.1) is 4.83 Å². The molecule has 0 spiro atoms. The highest BCUT2D eigenvalue weighted by atomic mass is 79.9. The Labute approximate surface area is 102 Å². The van der Waals surface area contributed by atoms with Crippen LogP contribution in [-0.2, 0) is 5.41 Å². The molecule has 1 aromatic carbocycles. The van der Waals surface area contributed by atoms with E-state index in [9.17, 15) is 5.11 Å². The number of benzene rings is 1. The third kappa shape index (κ3) is 1.77. The standard InChI is InChI=1S/C11H12BrClO2/c1-11(2)7-5-6(13)3-4-8(7)15-10(14)9(11)12/h3-5,9-10,14H,1-2H3. The first-order valence-corrected chi connectivity index (χ1v) is 6.01. The number of fused-ring (bicyclic) bond motifs is 1. The summed E-state index contributed by atoms with van der Waals surface area (Å²) >= 11 is 9.41. The predicted octanol–water partition coefficient (Wildman–Crippen LogP) is 3.09. The third-order valence-electron chi connectivity index (χ3n) is 2.82. The van der Waals surface area contributed by atoms with E-state index in [0.717, 1.165) is 5.56 Å². The number of aliphatic hydroxyl groups is 1. The van der Waals surface area contributed by atoms with Crippen molar-refractivity contribution in [1.82, 2.24) is 0 Å². The van der Waals surface area contributed by atoms with E-state index in [4.69, 9.17) is 16.3 Å². The molecule has 1 aromatic rings. The van der Waals surface area contributed by atoms with Crippen molar-refractivity contribution in [2.75, 3.05) is 0 Å². The molecule has 0 saturated heterocycles. The highest BCUT2D eigenvalue weighted by Crippen LogP contribution is 2.44. The normalized spacial score (nSPS) is 28.1. The SMILES string of the molecule is CC1(C)c2cc(Cl)ccc2OC(O)C1Br. The fourth-order valence-corrected chi connectivity index (χ4v) is 2.33. The number of aliphatic hydroxyl groups excluding tert-OH is 1. The van der Waals surface area contributed by atoms with Crippen LogP contribution in [0.3, 0.4) is 0 Å². The van der Waals surface area contributed by atoms with Gasteiger partial charge in [-0.15, -0.1) is 0 Å². The van der Waals surface area contributed by atoms with Gasteiger partial charge in [-0.2, -0.15) is 0 Å². The zero-order valence-electron chi connectivity index (χ0n) is 8.50. The molecule has 2 rings (SSSR count). The Bertz CT molecular complexity index is 392. The van der Waals surface area contributed by atoms with Crippen molar-refractivity contribution >= 4 is 27.5 Å². The second kappa shape index (κ2) is 3.65. The van der Waals surface area contributed by atoms with E-state index in [1.165, 1.54) is 0 Å². The number of hydrogen-bond acceptors (Lipinski definition) is 2. The molecule has 0 amide bonds. The van der Waals surface area contributed by atoms with Crippen molar-refractivity contribution in [3.05, 3.63) is 28.8 Å². The summed E-state index contributed by atoms with van der Waals surface area (Å²) < 4.78 is 5.38. The Morgan fingerprint density at radius 2 is 2.13 bits per heavy atom. The molecule has 0 aromatic heterocycles. The van der Waals surface area contributed by atoms with Gasteiger partial charge in [0.1, 0.15) is 5.75 Å². The van der Waals surface area contributed by atoms with Crippen molar-refractivity contribution in [3.63, 3.8) is 0 Å². The number of alkyl halides is 1. The number of hydrogen-bond donors (Lipinski definition) is 1. The van der Waals surface area contributed by atoms with E-state index in [0.29, 0.717) is 10.8 Å². The summed E-state index contributed by atoms with van der Waals surface area (Å²) in [6.45, 7) is 4.10. The quantitative estimate of drug-likeness (QED) is 0.744. The summed E-state index contributed by atoms with van der Waals surface area (Å²) in [6.07, 6.45) is -0.825. The fraction of sp³-hybridized carbons (Fsp3) is 0.455. The molecule has 0 fully saturated rings. The molecule has 1 N–H and O–H groups in total. The molecule has 0 aliphatic carbocycles. The molecule has 0 saturated carbocycles. The highest BCUT2D eigenvalue weighted by molar-refractivity contribution is 9.09. The zero-order chi connectivity index (χ0) is 11.2. The second-order valence-electron chi connectivity index (χ2n) is 4.27. The average Bonchev–Trinajstić information content (AvgIpc) is 2.17. The van der Waals surface area contributed by atoms with Crippen LogP contribution in [-0.4, -0.2) is 16.2 Å². The first-order valence-electron chi connectivity index (χ1n) is 4.72. The van der Waals surface area contributed by atoms with Gasteiger partial charge in [-0.3, -0.25) is 0 Å². The van der Waals surface area contributed by atoms with E-state index in [1.54, 1.807) is 12.1 Å². The second-order valence-corrected chi connectivity index (χ2v) is 5.70. The molecule has 1 heterocycles. The van der Waals surface area contributed by atoms with Crippen molar-refractivity contribution < 1.29 is 9.84 Å². The first kappa shape index (κ1) is 11.2. The Balaban J connectivity index is 2.57. The highest BCUT2D eigenvalue weighted by Gasteiger charge is 2.42. The van der Waals surface area contributed by atoms with Crippen LogP contribution in [0.25, 0.3) is 0 Å². The Morgan fingerprint density at radius 1 is 1.47 bits per heavy atom. The minimum absolute atomic E-state index is 0.143. The Hall–Kier alpha value is -0.250. The van der Waals surface area contributed by atoms with Crippen molar-refractivity contribution in [2.24, 2.45) is 0 Å². The van der Waals surface area contributed by atoms with Crippen LogP contribution in [0.5, 0.6) is 5.75 Å². The summed E-state index contributed by atoms with van der Waals surface area (Å²) in [5.74, 6) is 0.701. The first-order chi connectivity index (χ1) is 6.93. The van der Waals surface area contributed by atoms with Crippen LogP contribution < -0.4 is 4.74 Å². The maximum Gasteiger partial charge on any atom is 0.210 e. The molecule has 1 aliphatic heterocycles. The van der Waals surface area contributed by atoms with Gasteiger partial charge < -0.3 is 9.84 Å². The van der Waals surface area contributed by atoms with Crippen molar-refractivity contribution in [3.8, 4) is 5.75 Å². The fourth-order valence-electron chi connectivity index (χ4n) is 1.80. The van der Waals surface area contributed by atoms with Gasteiger partial charge in [0.25, 0.3) is 0 Å². The maximum absolute atomic E-state index is 9.73. The molecular formula is C11H12BrClO2. The van der Waals surface area contributed by atoms with E-state index in [2.05, 4.69) is 15.9 Å². The summed E-state index contributed by atoms with van der Waals surface area (Å²) in [5.41, 5.74) is 0.805. The van der Waals surface area contributed by atoms with Gasteiger partial charge in [0.15, 0.2) is 0 Å². The summed E-state index contributed by atoms with van der Waals surface area (Å²) in [4.78, 5) is -0.143. The largest absolute Gasteiger partial charge is 0.464 e. The smallest absolute Gasteiger partial charge is 0.210 e.